The molecular formula is C18H28N2O3. The first-order chi connectivity index (χ1) is 11.0. The Morgan fingerprint density at radius 3 is 2.52 bits per heavy atom. The molecule has 0 aliphatic carbocycles. The van der Waals surface area contributed by atoms with Gasteiger partial charge in [0.05, 0.1) is 18.7 Å². The van der Waals surface area contributed by atoms with Crippen LogP contribution in [0.3, 0.4) is 0 Å². The maximum Gasteiger partial charge on any atom is 0.239 e. The minimum absolute atomic E-state index is 0.0782. The molecule has 0 radical (unpaired) electrons. The molecule has 2 atom stereocenters. The Labute approximate surface area is 138 Å². The van der Waals surface area contributed by atoms with E-state index >= 15 is 0 Å². The Morgan fingerprint density at radius 2 is 1.96 bits per heavy atom. The molecule has 3 N–H and O–H groups in total. The quantitative estimate of drug-likeness (QED) is 0.835. The highest BCUT2D eigenvalue weighted by Crippen LogP contribution is 2.20. The Balaban J connectivity index is 1.97. The second-order valence-electron chi connectivity index (χ2n) is 6.28. The van der Waals surface area contributed by atoms with Crippen molar-refractivity contribution in [2.45, 2.75) is 38.8 Å². The second kappa shape index (κ2) is 8.43. The van der Waals surface area contributed by atoms with E-state index in [4.69, 9.17) is 10.5 Å². The van der Waals surface area contributed by atoms with Crippen molar-refractivity contribution >= 4 is 5.91 Å². The highest BCUT2D eigenvalue weighted by atomic mass is 16.5. The molecular weight excluding hydrogens is 292 g/mol. The van der Waals surface area contributed by atoms with Crippen molar-refractivity contribution in [2.24, 2.45) is 11.7 Å². The number of aliphatic hydroxyl groups excluding tert-OH is 1. The summed E-state index contributed by atoms with van der Waals surface area (Å²) in [7, 11) is 0. The van der Waals surface area contributed by atoms with Gasteiger partial charge in [-0.2, -0.15) is 0 Å². The molecule has 1 saturated heterocycles. The molecule has 1 fully saturated rings. The summed E-state index contributed by atoms with van der Waals surface area (Å²) in [6.45, 7) is 6.07. The molecule has 1 heterocycles. The Kier molecular flexibility index (Phi) is 6.57. The van der Waals surface area contributed by atoms with Gasteiger partial charge >= 0.3 is 0 Å². The highest BCUT2D eigenvalue weighted by Gasteiger charge is 2.30. The van der Waals surface area contributed by atoms with E-state index in [2.05, 4.69) is 0 Å². The topological polar surface area (TPSA) is 75.8 Å². The highest BCUT2D eigenvalue weighted by molar-refractivity contribution is 5.82. The number of hydrogen-bond donors (Lipinski definition) is 2. The molecule has 0 bridgehead atoms. The molecule has 0 spiro atoms. The number of ether oxygens (including phenoxy) is 1. The molecule has 0 aromatic heterocycles. The van der Waals surface area contributed by atoms with E-state index in [0.29, 0.717) is 19.8 Å². The average molecular weight is 320 g/mol. The summed E-state index contributed by atoms with van der Waals surface area (Å²) in [6.07, 6.45) is 0.956. The van der Waals surface area contributed by atoms with Crippen LogP contribution in [0.15, 0.2) is 24.3 Å². The largest absolute Gasteiger partial charge is 0.387 e. The molecule has 5 nitrogen and oxygen atoms in total. The van der Waals surface area contributed by atoms with Gasteiger partial charge < -0.3 is 20.5 Å². The maximum absolute atomic E-state index is 12.6. The van der Waals surface area contributed by atoms with E-state index in [-0.39, 0.29) is 18.4 Å². The monoisotopic (exact) mass is 320 g/mol. The molecule has 1 aliphatic rings. The lowest BCUT2D eigenvalue weighted by atomic mass is 9.91. The number of benzene rings is 1. The Hall–Kier alpha value is -1.43. The van der Waals surface area contributed by atoms with Crippen LogP contribution in [-0.4, -0.2) is 48.3 Å². The number of carbonyl (C=O) groups excluding carboxylic acids is 1. The van der Waals surface area contributed by atoms with Crippen molar-refractivity contribution in [3.63, 3.8) is 0 Å². The molecule has 23 heavy (non-hydrogen) atoms. The number of aryl methyl sites for hydroxylation is 1. The summed E-state index contributed by atoms with van der Waals surface area (Å²) in [4.78, 5) is 14.3. The number of nitrogens with zero attached hydrogens (tertiary/aromatic N) is 1. The molecule has 1 amide bonds. The van der Waals surface area contributed by atoms with Gasteiger partial charge in [-0.15, -0.1) is 0 Å². The number of nitrogens with two attached hydrogens (primary N) is 1. The molecule has 1 aromatic carbocycles. The predicted molar refractivity (Wildman–Crippen MR) is 89.9 cm³/mol. The summed E-state index contributed by atoms with van der Waals surface area (Å²) < 4.78 is 5.33. The van der Waals surface area contributed by atoms with Crippen LogP contribution in [0.2, 0.25) is 0 Å². The molecule has 128 valence electrons. The zero-order chi connectivity index (χ0) is 16.8. The van der Waals surface area contributed by atoms with Crippen LogP contribution in [0.25, 0.3) is 0 Å². The van der Waals surface area contributed by atoms with E-state index in [1.807, 2.05) is 38.1 Å². The molecule has 2 rings (SSSR count). The number of likely N-dealkylation sites (N-methyl/N-ethyl adjacent to an activating group) is 1. The van der Waals surface area contributed by atoms with Gasteiger partial charge in [0.15, 0.2) is 0 Å². The van der Waals surface area contributed by atoms with Gasteiger partial charge in [0.1, 0.15) is 0 Å². The van der Waals surface area contributed by atoms with E-state index in [9.17, 15) is 9.90 Å². The molecule has 2 unspecified atom stereocenters. The van der Waals surface area contributed by atoms with Crippen LogP contribution in [-0.2, 0) is 9.53 Å². The molecule has 1 aliphatic heterocycles. The van der Waals surface area contributed by atoms with Crippen LogP contribution in [0.5, 0.6) is 0 Å². The van der Waals surface area contributed by atoms with Gasteiger partial charge in [-0.3, -0.25) is 4.79 Å². The van der Waals surface area contributed by atoms with Crippen molar-refractivity contribution in [2.75, 3.05) is 26.3 Å². The molecule has 0 saturated carbocycles. The van der Waals surface area contributed by atoms with Crippen LogP contribution in [0.1, 0.15) is 37.0 Å². The van der Waals surface area contributed by atoms with E-state index in [1.165, 1.54) is 0 Å². The van der Waals surface area contributed by atoms with Crippen molar-refractivity contribution < 1.29 is 14.6 Å². The van der Waals surface area contributed by atoms with Gasteiger partial charge in [0, 0.05) is 19.8 Å². The average Bonchev–Trinajstić information content (AvgIpc) is 2.59. The summed E-state index contributed by atoms with van der Waals surface area (Å²) in [5.74, 6) is 0.0902. The van der Waals surface area contributed by atoms with E-state index < -0.39 is 12.1 Å². The number of rotatable bonds is 6. The lowest BCUT2D eigenvalue weighted by molar-refractivity contribution is -0.136. The number of hydrogen-bond acceptors (Lipinski definition) is 4. The fourth-order valence-electron chi connectivity index (χ4n) is 2.97. The van der Waals surface area contributed by atoms with Crippen molar-refractivity contribution in [3.05, 3.63) is 35.4 Å². The van der Waals surface area contributed by atoms with Crippen LogP contribution in [0.4, 0.5) is 0 Å². The second-order valence-corrected chi connectivity index (χ2v) is 6.28. The summed E-state index contributed by atoms with van der Waals surface area (Å²) in [5, 5.41) is 10.4. The van der Waals surface area contributed by atoms with Gasteiger partial charge in [0.25, 0.3) is 0 Å². The first kappa shape index (κ1) is 17.9. The third-order valence-electron chi connectivity index (χ3n) is 4.61. The lowest BCUT2D eigenvalue weighted by Crippen LogP contribution is -2.50. The smallest absolute Gasteiger partial charge is 0.239 e. The fraction of sp³-hybridized carbons (Fsp3) is 0.611. The summed E-state index contributed by atoms with van der Waals surface area (Å²) in [6, 6.07) is 7.21. The summed E-state index contributed by atoms with van der Waals surface area (Å²) in [5.41, 5.74) is 8.14. The minimum atomic E-state index is -0.693. The van der Waals surface area contributed by atoms with Crippen LogP contribution >= 0.6 is 0 Å². The fourth-order valence-corrected chi connectivity index (χ4v) is 2.97. The van der Waals surface area contributed by atoms with E-state index in [1.54, 1.807) is 4.90 Å². The van der Waals surface area contributed by atoms with Crippen molar-refractivity contribution in [3.8, 4) is 0 Å². The SMILES string of the molecule is CCN(CC(O)c1ccc(C)cc1)C(=O)C(N)C1CCOCC1. The number of amides is 1. The van der Waals surface area contributed by atoms with Gasteiger partial charge in [-0.05, 0) is 38.2 Å². The first-order valence-corrected chi connectivity index (χ1v) is 8.39. The third kappa shape index (κ3) is 4.77. The van der Waals surface area contributed by atoms with Gasteiger partial charge in [-0.25, -0.2) is 0 Å². The third-order valence-corrected chi connectivity index (χ3v) is 4.61. The van der Waals surface area contributed by atoms with Crippen LogP contribution in [0, 0.1) is 12.8 Å². The van der Waals surface area contributed by atoms with Gasteiger partial charge in [-0.1, -0.05) is 29.8 Å². The number of carbonyl (C=O) groups is 1. The number of aliphatic hydroxyl groups is 1. The minimum Gasteiger partial charge on any atom is -0.387 e. The Morgan fingerprint density at radius 1 is 1.35 bits per heavy atom. The Bertz CT molecular complexity index is 497. The zero-order valence-electron chi connectivity index (χ0n) is 14.1. The predicted octanol–water partition coefficient (Wildman–Crippen LogP) is 1.63. The molecule has 5 heteroatoms. The normalized spacial score (nSPS) is 18.4. The summed E-state index contributed by atoms with van der Waals surface area (Å²) >= 11 is 0. The van der Waals surface area contributed by atoms with Crippen molar-refractivity contribution in [1.82, 2.24) is 4.90 Å². The molecule has 1 aromatic rings. The van der Waals surface area contributed by atoms with Crippen molar-refractivity contribution in [1.29, 1.82) is 0 Å². The zero-order valence-corrected chi connectivity index (χ0v) is 14.1. The lowest BCUT2D eigenvalue weighted by Gasteiger charge is -2.32. The maximum atomic E-state index is 12.6. The van der Waals surface area contributed by atoms with Gasteiger partial charge in [0.2, 0.25) is 5.91 Å². The standard InChI is InChI=1S/C18H28N2O3/c1-3-20(12-16(21)14-6-4-13(2)5-7-14)18(22)17(19)15-8-10-23-11-9-15/h4-7,15-17,21H,3,8-12,19H2,1-2H3. The van der Waals surface area contributed by atoms with Crippen LogP contribution < -0.4 is 5.73 Å². The first-order valence-electron chi connectivity index (χ1n) is 8.39. The van der Waals surface area contributed by atoms with E-state index in [0.717, 1.165) is 24.0 Å².